The van der Waals surface area contributed by atoms with Gasteiger partial charge in [0.2, 0.25) is 11.7 Å². The predicted molar refractivity (Wildman–Crippen MR) is 107 cm³/mol. The lowest BCUT2D eigenvalue weighted by Crippen LogP contribution is -2.41. The van der Waals surface area contributed by atoms with Crippen molar-refractivity contribution in [3.8, 4) is 11.4 Å². The molecule has 0 amide bonds. The minimum atomic E-state index is 0.592. The van der Waals surface area contributed by atoms with Gasteiger partial charge in [-0.05, 0) is 48.9 Å². The summed E-state index contributed by atoms with van der Waals surface area (Å²) in [4.78, 5) is 11.4. The first kappa shape index (κ1) is 18.3. The van der Waals surface area contributed by atoms with Gasteiger partial charge in [0.05, 0.1) is 0 Å². The molecule has 27 heavy (non-hydrogen) atoms. The maximum absolute atomic E-state index is 5.92. The van der Waals surface area contributed by atoms with Crippen molar-refractivity contribution >= 4 is 17.6 Å². The second-order valence-corrected chi connectivity index (χ2v) is 7.89. The van der Waals surface area contributed by atoms with Gasteiger partial charge in [0, 0.05) is 43.7 Å². The third kappa shape index (κ3) is 4.26. The molecule has 0 spiro atoms. The van der Waals surface area contributed by atoms with E-state index in [1.54, 1.807) is 0 Å². The topological polar surface area (TPSA) is 66.5 Å². The van der Waals surface area contributed by atoms with Crippen molar-refractivity contribution in [3.05, 3.63) is 35.2 Å². The number of nitrogens with zero attached hydrogens (tertiary/aromatic N) is 4. The van der Waals surface area contributed by atoms with Gasteiger partial charge in [-0.1, -0.05) is 29.6 Å². The molecule has 0 radical (unpaired) electrons. The molecule has 1 aliphatic heterocycles. The summed E-state index contributed by atoms with van der Waals surface area (Å²) in [6, 6.07) is 7.44. The van der Waals surface area contributed by atoms with Crippen LogP contribution < -0.4 is 5.32 Å². The summed E-state index contributed by atoms with van der Waals surface area (Å²) < 4.78 is 5.38. The first-order valence-corrected chi connectivity index (χ1v) is 10.1. The average Bonchev–Trinajstić information content (AvgIpc) is 3.33. The number of hydrogen-bond donors (Lipinski definition) is 1. The SMILES string of the molecule is CN=C(NCCc1nc(-c2ccc(Cl)cc2)no1)N1CC2CCCCC2C1. The van der Waals surface area contributed by atoms with Gasteiger partial charge >= 0.3 is 0 Å². The van der Waals surface area contributed by atoms with Gasteiger partial charge in [-0.25, -0.2) is 0 Å². The Morgan fingerprint density at radius 1 is 1.22 bits per heavy atom. The highest BCUT2D eigenvalue weighted by Crippen LogP contribution is 2.35. The third-order valence-corrected chi connectivity index (χ3v) is 5.93. The molecule has 2 heterocycles. The quantitative estimate of drug-likeness (QED) is 0.641. The number of guanidine groups is 1. The molecule has 1 N–H and O–H groups in total. The number of aromatic nitrogens is 2. The lowest BCUT2D eigenvalue weighted by Gasteiger charge is -2.22. The van der Waals surface area contributed by atoms with E-state index in [1.807, 2.05) is 31.3 Å². The minimum Gasteiger partial charge on any atom is -0.356 e. The number of hydrogen-bond acceptors (Lipinski definition) is 4. The Balaban J connectivity index is 1.29. The largest absolute Gasteiger partial charge is 0.356 e. The van der Waals surface area contributed by atoms with Crippen molar-refractivity contribution in [2.75, 3.05) is 26.7 Å². The molecule has 4 rings (SSSR count). The summed E-state index contributed by atoms with van der Waals surface area (Å²) in [7, 11) is 1.86. The number of rotatable bonds is 4. The highest BCUT2D eigenvalue weighted by atomic mass is 35.5. The average molecular weight is 388 g/mol. The van der Waals surface area contributed by atoms with Crippen molar-refractivity contribution in [3.63, 3.8) is 0 Å². The van der Waals surface area contributed by atoms with Crippen LogP contribution in [0.1, 0.15) is 31.6 Å². The molecular weight excluding hydrogens is 362 g/mol. The smallest absolute Gasteiger partial charge is 0.228 e. The van der Waals surface area contributed by atoms with Gasteiger partial charge in [-0.3, -0.25) is 4.99 Å². The molecule has 6 nitrogen and oxygen atoms in total. The summed E-state index contributed by atoms with van der Waals surface area (Å²) in [6.07, 6.45) is 6.17. The van der Waals surface area contributed by atoms with Crippen molar-refractivity contribution in [1.82, 2.24) is 20.4 Å². The van der Waals surface area contributed by atoms with Crippen molar-refractivity contribution < 1.29 is 4.52 Å². The van der Waals surface area contributed by atoms with Crippen LogP contribution in [-0.4, -0.2) is 47.7 Å². The fourth-order valence-corrected chi connectivity index (χ4v) is 4.39. The number of benzene rings is 1. The fraction of sp³-hybridized carbons (Fsp3) is 0.550. The lowest BCUT2D eigenvalue weighted by atomic mass is 9.82. The summed E-state index contributed by atoms with van der Waals surface area (Å²) in [5.74, 6) is 3.89. The zero-order valence-corrected chi connectivity index (χ0v) is 16.5. The van der Waals surface area contributed by atoms with Gasteiger partial charge in [0.25, 0.3) is 0 Å². The van der Waals surface area contributed by atoms with Crippen LogP contribution in [0.5, 0.6) is 0 Å². The Labute approximate surface area is 165 Å². The lowest BCUT2D eigenvalue weighted by molar-refractivity contribution is 0.299. The predicted octanol–water partition coefficient (Wildman–Crippen LogP) is 3.63. The molecule has 2 atom stereocenters. The van der Waals surface area contributed by atoms with E-state index in [-0.39, 0.29) is 0 Å². The highest BCUT2D eigenvalue weighted by Gasteiger charge is 2.35. The van der Waals surface area contributed by atoms with Gasteiger partial charge < -0.3 is 14.7 Å². The van der Waals surface area contributed by atoms with Crippen molar-refractivity contribution in [2.45, 2.75) is 32.1 Å². The number of nitrogens with one attached hydrogen (secondary N) is 1. The van der Waals surface area contributed by atoms with Crippen molar-refractivity contribution in [1.29, 1.82) is 0 Å². The Morgan fingerprint density at radius 3 is 2.59 bits per heavy atom. The van der Waals surface area contributed by atoms with Crippen molar-refractivity contribution in [2.24, 2.45) is 16.8 Å². The molecular formula is C20H26ClN5O. The van der Waals surface area contributed by atoms with Crippen LogP contribution in [0.4, 0.5) is 0 Å². The zero-order chi connectivity index (χ0) is 18.6. The van der Waals surface area contributed by atoms with Crippen LogP contribution in [0.15, 0.2) is 33.8 Å². The van der Waals surface area contributed by atoms with Gasteiger partial charge in [0.1, 0.15) is 0 Å². The minimum absolute atomic E-state index is 0.592. The Kier molecular flexibility index (Phi) is 5.62. The zero-order valence-electron chi connectivity index (χ0n) is 15.7. The van der Waals surface area contributed by atoms with E-state index < -0.39 is 0 Å². The number of aliphatic imine (C=N–C) groups is 1. The molecule has 0 bridgehead atoms. The number of likely N-dealkylation sites (tertiary alicyclic amines) is 1. The number of halogens is 1. The second kappa shape index (κ2) is 8.30. The van der Waals surface area contributed by atoms with E-state index >= 15 is 0 Å². The first-order chi connectivity index (χ1) is 13.2. The summed E-state index contributed by atoms with van der Waals surface area (Å²) in [5.41, 5.74) is 0.901. The van der Waals surface area contributed by atoms with Crippen LogP contribution in [0, 0.1) is 11.8 Å². The molecule has 1 aromatic heterocycles. The molecule has 7 heteroatoms. The molecule has 144 valence electrons. The molecule has 2 fully saturated rings. The van der Waals surface area contributed by atoms with E-state index in [1.165, 1.54) is 25.7 Å². The van der Waals surface area contributed by atoms with Crippen LogP contribution in [0.25, 0.3) is 11.4 Å². The van der Waals surface area contributed by atoms with Crippen LogP contribution in [-0.2, 0) is 6.42 Å². The van der Waals surface area contributed by atoms with Crippen LogP contribution in [0.2, 0.25) is 5.02 Å². The maximum atomic E-state index is 5.92. The molecule has 1 saturated carbocycles. The van der Waals surface area contributed by atoms with E-state index in [0.29, 0.717) is 23.2 Å². The summed E-state index contributed by atoms with van der Waals surface area (Å²) >= 11 is 5.92. The molecule has 2 unspecified atom stereocenters. The molecule has 1 saturated heterocycles. The highest BCUT2D eigenvalue weighted by molar-refractivity contribution is 6.30. The molecule has 2 aromatic rings. The second-order valence-electron chi connectivity index (χ2n) is 7.45. The maximum Gasteiger partial charge on any atom is 0.228 e. The van der Waals surface area contributed by atoms with E-state index in [0.717, 1.165) is 43.0 Å². The monoisotopic (exact) mass is 387 g/mol. The van der Waals surface area contributed by atoms with E-state index in [4.69, 9.17) is 16.1 Å². The Hall–Kier alpha value is -2.08. The summed E-state index contributed by atoms with van der Waals surface area (Å²) in [6.45, 7) is 2.98. The Bertz CT molecular complexity index is 774. The third-order valence-electron chi connectivity index (χ3n) is 5.68. The first-order valence-electron chi connectivity index (χ1n) is 9.77. The standard InChI is InChI=1S/C20H26ClN5O/c1-22-20(26-12-15-4-2-3-5-16(15)13-26)23-11-10-18-24-19(25-27-18)14-6-8-17(21)9-7-14/h6-9,15-16H,2-5,10-13H2,1H3,(H,22,23). The summed E-state index contributed by atoms with van der Waals surface area (Å²) in [5, 5.41) is 8.21. The molecule has 1 aromatic carbocycles. The van der Waals surface area contributed by atoms with E-state index in [2.05, 4.69) is 25.3 Å². The van der Waals surface area contributed by atoms with Crippen LogP contribution in [0.3, 0.4) is 0 Å². The normalized spacial score (nSPS) is 22.7. The van der Waals surface area contributed by atoms with Gasteiger partial charge in [-0.2, -0.15) is 4.98 Å². The van der Waals surface area contributed by atoms with E-state index in [9.17, 15) is 0 Å². The molecule has 2 aliphatic rings. The van der Waals surface area contributed by atoms with Gasteiger partial charge in [0.15, 0.2) is 5.96 Å². The number of fused-ring (bicyclic) bond motifs is 1. The Morgan fingerprint density at radius 2 is 1.93 bits per heavy atom. The fourth-order valence-electron chi connectivity index (χ4n) is 4.26. The molecule has 1 aliphatic carbocycles. The van der Waals surface area contributed by atoms with Crippen LogP contribution >= 0.6 is 11.6 Å². The van der Waals surface area contributed by atoms with Gasteiger partial charge in [-0.15, -0.1) is 0 Å².